The highest BCUT2D eigenvalue weighted by Crippen LogP contribution is 2.39. The highest BCUT2D eigenvalue weighted by atomic mass is 16.5. The first-order valence-electron chi connectivity index (χ1n) is 13.2. The second kappa shape index (κ2) is 10.2. The van der Waals surface area contributed by atoms with Gasteiger partial charge in [0, 0.05) is 11.8 Å². The number of methoxy groups -OCH3 is 1. The van der Waals surface area contributed by atoms with Crippen LogP contribution in [-0.2, 0) is 13.0 Å². The highest BCUT2D eigenvalue weighted by molar-refractivity contribution is 5.91. The summed E-state index contributed by atoms with van der Waals surface area (Å²) in [5, 5.41) is 8.16. The van der Waals surface area contributed by atoms with Gasteiger partial charge in [-0.05, 0) is 55.3 Å². The molecule has 1 aliphatic rings. The van der Waals surface area contributed by atoms with Gasteiger partial charge in [-0.15, -0.1) is 0 Å². The van der Waals surface area contributed by atoms with E-state index in [1.54, 1.807) is 7.11 Å². The lowest BCUT2D eigenvalue weighted by atomic mass is 10.00. The van der Waals surface area contributed by atoms with E-state index in [0.29, 0.717) is 18.0 Å². The van der Waals surface area contributed by atoms with Crippen LogP contribution >= 0.6 is 0 Å². The first-order chi connectivity index (χ1) is 19.1. The minimum Gasteiger partial charge on any atom is -0.495 e. The number of urea groups is 1. The van der Waals surface area contributed by atoms with E-state index in [-0.39, 0.29) is 12.1 Å². The van der Waals surface area contributed by atoms with Crippen LogP contribution in [0.5, 0.6) is 5.75 Å². The predicted molar refractivity (Wildman–Crippen MR) is 153 cm³/mol. The Labute approximate surface area is 228 Å². The van der Waals surface area contributed by atoms with Gasteiger partial charge in [-0.2, -0.15) is 5.10 Å². The maximum absolute atomic E-state index is 14.2. The molecule has 3 aromatic carbocycles. The van der Waals surface area contributed by atoms with Crippen molar-refractivity contribution in [3.8, 4) is 17.3 Å². The van der Waals surface area contributed by atoms with Crippen LogP contribution in [-0.4, -0.2) is 32.4 Å². The Morgan fingerprint density at radius 3 is 2.56 bits per heavy atom. The van der Waals surface area contributed by atoms with Crippen molar-refractivity contribution in [3.05, 3.63) is 125 Å². The van der Waals surface area contributed by atoms with Crippen molar-refractivity contribution in [2.24, 2.45) is 0 Å². The van der Waals surface area contributed by atoms with Gasteiger partial charge in [-0.1, -0.05) is 67.1 Å². The predicted octanol–water partition coefficient (Wildman–Crippen LogP) is 6.68. The van der Waals surface area contributed by atoms with Gasteiger partial charge in [-0.3, -0.25) is 0 Å². The number of nitrogens with one attached hydrogen (secondary N) is 1. The Bertz CT molecular complexity index is 1640. The monoisotopic (exact) mass is 517 g/mol. The van der Waals surface area contributed by atoms with Crippen LogP contribution in [0.2, 0.25) is 0 Å². The molecule has 0 aliphatic carbocycles. The second-order valence-corrected chi connectivity index (χ2v) is 9.73. The van der Waals surface area contributed by atoms with Crippen LogP contribution in [0.1, 0.15) is 41.0 Å². The molecule has 0 radical (unpaired) electrons. The lowest BCUT2D eigenvalue weighted by Crippen LogP contribution is -2.38. The number of benzene rings is 3. The van der Waals surface area contributed by atoms with Gasteiger partial charge in [0.15, 0.2) is 0 Å². The molecule has 39 heavy (non-hydrogen) atoms. The first kappa shape index (κ1) is 24.6. The van der Waals surface area contributed by atoms with E-state index in [9.17, 15) is 4.79 Å². The summed E-state index contributed by atoms with van der Waals surface area (Å²) in [7, 11) is 1.61. The molecule has 2 amide bonds. The molecule has 1 unspecified atom stereocenters. The third-order valence-electron chi connectivity index (χ3n) is 7.27. The van der Waals surface area contributed by atoms with Gasteiger partial charge in [-0.25, -0.2) is 9.48 Å². The number of aromatic nitrogens is 3. The Morgan fingerprint density at radius 1 is 1.00 bits per heavy atom. The maximum Gasteiger partial charge on any atom is 0.323 e. The summed E-state index contributed by atoms with van der Waals surface area (Å²) < 4.78 is 9.72. The lowest BCUT2D eigenvalue weighted by Gasteiger charge is -2.31. The van der Waals surface area contributed by atoms with E-state index in [4.69, 9.17) is 9.84 Å². The van der Waals surface area contributed by atoms with Crippen LogP contribution in [0.3, 0.4) is 0 Å². The van der Waals surface area contributed by atoms with Gasteiger partial charge >= 0.3 is 6.03 Å². The molecule has 6 rings (SSSR count). The number of para-hydroxylation sites is 3. The van der Waals surface area contributed by atoms with Crippen LogP contribution in [0.25, 0.3) is 11.5 Å². The van der Waals surface area contributed by atoms with Gasteiger partial charge in [0.05, 0.1) is 42.5 Å². The summed E-state index contributed by atoms with van der Waals surface area (Å²) >= 11 is 0. The van der Waals surface area contributed by atoms with E-state index < -0.39 is 0 Å². The SMILES string of the molecule is CCc1nn(-c2ccccc2)c2c1CN(C(=O)Nc1ccccc1OC)C(c1cccc(C)c1)c1cccn1-2. The molecule has 1 aliphatic heterocycles. The van der Waals surface area contributed by atoms with E-state index in [0.717, 1.165) is 46.0 Å². The maximum atomic E-state index is 14.2. The normalized spacial score (nSPS) is 14.3. The van der Waals surface area contributed by atoms with Crippen LogP contribution in [0, 0.1) is 6.92 Å². The quantitative estimate of drug-likeness (QED) is 0.283. The molecular weight excluding hydrogens is 486 g/mol. The Kier molecular flexibility index (Phi) is 6.40. The molecule has 3 heterocycles. The fourth-order valence-corrected chi connectivity index (χ4v) is 5.47. The number of aryl methyl sites for hydroxylation is 2. The van der Waals surface area contributed by atoms with Crippen molar-refractivity contribution in [2.75, 3.05) is 12.4 Å². The molecule has 1 N–H and O–H groups in total. The average molecular weight is 518 g/mol. The van der Waals surface area contributed by atoms with E-state index in [1.807, 2.05) is 58.1 Å². The van der Waals surface area contributed by atoms with Gasteiger partial charge in [0.1, 0.15) is 11.6 Å². The number of anilines is 1. The number of carbonyl (C=O) groups excluding carboxylic acids is 1. The first-order valence-corrected chi connectivity index (χ1v) is 13.2. The average Bonchev–Trinajstić information content (AvgIpc) is 3.55. The van der Waals surface area contributed by atoms with Crippen LogP contribution in [0.4, 0.5) is 10.5 Å². The van der Waals surface area contributed by atoms with Crippen LogP contribution < -0.4 is 10.1 Å². The van der Waals surface area contributed by atoms with Gasteiger partial charge in [0.25, 0.3) is 0 Å². The van der Waals surface area contributed by atoms with E-state index in [1.165, 1.54) is 0 Å². The number of hydrogen-bond acceptors (Lipinski definition) is 3. The second-order valence-electron chi connectivity index (χ2n) is 9.73. The van der Waals surface area contributed by atoms with Gasteiger partial charge < -0.3 is 19.5 Å². The number of hydrogen-bond donors (Lipinski definition) is 1. The zero-order valence-electron chi connectivity index (χ0n) is 22.3. The Balaban J connectivity index is 1.56. The third kappa shape index (κ3) is 4.36. The summed E-state index contributed by atoms with van der Waals surface area (Å²) in [6, 6.07) is 29.6. The Morgan fingerprint density at radius 2 is 1.79 bits per heavy atom. The molecule has 0 spiro atoms. The van der Waals surface area contributed by atoms with E-state index in [2.05, 4.69) is 72.4 Å². The van der Waals surface area contributed by atoms with Crippen molar-refractivity contribution >= 4 is 11.7 Å². The molecule has 0 bridgehead atoms. The van der Waals surface area contributed by atoms with Crippen molar-refractivity contribution in [2.45, 2.75) is 32.9 Å². The fraction of sp³-hybridized carbons (Fsp3) is 0.188. The highest BCUT2D eigenvalue weighted by Gasteiger charge is 2.36. The summed E-state index contributed by atoms with van der Waals surface area (Å²) in [4.78, 5) is 16.1. The summed E-state index contributed by atoms with van der Waals surface area (Å²) in [6.45, 7) is 4.58. The van der Waals surface area contributed by atoms with Crippen molar-refractivity contribution in [3.63, 3.8) is 0 Å². The molecule has 0 fully saturated rings. The smallest absolute Gasteiger partial charge is 0.323 e. The van der Waals surface area contributed by atoms with Crippen LogP contribution in [0.15, 0.2) is 97.2 Å². The van der Waals surface area contributed by atoms with Crippen molar-refractivity contribution in [1.82, 2.24) is 19.2 Å². The standard InChI is InChI=1S/C32H31N5O2/c1-4-26-25-21-36(32(38)33-27-16-8-9-18-29(27)39-3)30(23-13-10-12-22(2)20-23)28-17-11-19-35(28)31(25)37(34-26)24-14-6-5-7-15-24/h5-20,30H,4,21H2,1-3H3,(H,33,38). The van der Waals surface area contributed by atoms with Crippen molar-refractivity contribution in [1.29, 1.82) is 0 Å². The number of nitrogens with zero attached hydrogens (tertiary/aromatic N) is 4. The summed E-state index contributed by atoms with van der Waals surface area (Å²) in [5.74, 6) is 1.58. The largest absolute Gasteiger partial charge is 0.495 e. The third-order valence-corrected chi connectivity index (χ3v) is 7.27. The molecule has 7 nitrogen and oxygen atoms in total. The molecular formula is C32H31N5O2. The molecule has 0 saturated heterocycles. The minimum absolute atomic E-state index is 0.207. The number of carbonyl (C=O) groups is 1. The minimum atomic E-state index is -0.323. The molecule has 2 aromatic heterocycles. The zero-order valence-corrected chi connectivity index (χ0v) is 22.3. The van der Waals surface area contributed by atoms with Gasteiger partial charge in [0.2, 0.25) is 0 Å². The number of rotatable bonds is 5. The molecule has 7 heteroatoms. The Hall–Kier alpha value is -4.78. The zero-order chi connectivity index (χ0) is 26.9. The molecule has 5 aromatic rings. The van der Waals surface area contributed by atoms with E-state index >= 15 is 0 Å². The number of ether oxygens (including phenoxy) is 1. The lowest BCUT2D eigenvalue weighted by molar-refractivity contribution is 0.194. The van der Waals surface area contributed by atoms with Crippen molar-refractivity contribution < 1.29 is 9.53 Å². The summed E-state index contributed by atoms with van der Waals surface area (Å²) in [5.41, 5.74) is 6.79. The fourth-order valence-electron chi connectivity index (χ4n) is 5.47. The number of amides is 2. The molecule has 0 saturated carbocycles. The topological polar surface area (TPSA) is 64.3 Å². The molecule has 1 atom stereocenters. The molecule has 196 valence electrons. The summed E-state index contributed by atoms with van der Waals surface area (Å²) in [6.07, 6.45) is 2.81. The number of fused-ring (bicyclic) bond motifs is 3.